The summed E-state index contributed by atoms with van der Waals surface area (Å²) in [4.78, 5) is 30.7. The lowest BCUT2D eigenvalue weighted by Gasteiger charge is -2.22. The monoisotopic (exact) mass is 249 g/mol. The van der Waals surface area contributed by atoms with E-state index in [1.165, 1.54) is 6.33 Å². The minimum atomic E-state index is -0.424. The second kappa shape index (κ2) is 5.44. The topological polar surface area (TPSA) is 96.0 Å². The maximum Gasteiger partial charge on any atom is 0.249 e. The average Bonchev–Trinajstić information content (AvgIpc) is 2.34. The standard InChI is InChI=1S/C11H15N5O2/c1-2-12-8-5-9(14-6-13-8)15-7-3-4-10(17)16-11(7)18/h5-7H,2-4H2,1H3,(H,16,17,18)(H2,12,13,14,15). The zero-order valence-corrected chi connectivity index (χ0v) is 10.1. The normalized spacial score (nSPS) is 19.3. The molecule has 2 amide bonds. The Balaban J connectivity index is 2.02. The molecule has 1 saturated heterocycles. The van der Waals surface area contributed by atoms with Crippen molar-refractivity contribution in [2.24, 2.45) is 0 Å². The fraction of sp³-hybridized carbons (Fsp3) is 0.455. The molecule has 96 valence electrons. The van der Waals surface area contributed by atoms with Gasteiger partial charge >= 0.3 is 0 Å². The van der Waals surface area contributed by atoms with Crippen LogP contribution in [0.2, 0.25) is 0 Å². The molecule has 1 aromatic rings. The van der Waals surface area contributed by atoms with Crippen molar-refractivity contribution in [2.45, 2.75) is 25.8 Å². The van der Waals surface area contributed by atoms with Crippen molar-refractivity contribution in [3.63, 3.8) is 0 Å². The number of carbonyl (C=O) groups excluding carboxylic acids is 2. The van der Waals surface area contributed by atoms with E-state index in [0.29, 0.717) is 24.5 Å². The van der Waals surface area contributed by atoms with E-state index < -0.39 is 6.04 Å². The molecule has 1 fully saturated rings. The SMILES string of the molecule is CCNc1cc(NC2CCC(=O)NC2=O)ncn1. The number of nitrogens with zero attached hydrogens (tertiary/aromatic N) is 2. The fourth-order valence-electron chi connectivity index (χ4n) is 1.72. The van der Waals surface area contributed by atoms with Gasteiger partial charge in [0.15, 0.2) is 0 Å². The van der Waals surface area contributed by atoms with E-state index >= 15 is 0 Å². The first kappa shape index (κ1) is 12.3. The van der Waals surface area contributed by atoms with Crippen LogP contribution in [0.1, 0.15) is 19.8 Å². The summed E-state index contributed by atoms with van der Waals surface area (Å²) in [5.41, 5.74) is 0. The molecular weight excluding hydrogens is 234 g/mol. The summed E-state index contributed by atoms with van der Waals surface area (Å²) >= 11 is 0. The molecule has 7 heteroatoms. The van der Waals surface area contributed by atoms with Gasteiger partial charge < -0.3 is 10.6 Å². The molecule has 2 rings (SSSR count). The van der Waals surface area contributed by atoms with Gasteiger partial charge in [0.05, 0.1) is 0 Å². The zero-order valence-electron chi connectivity index (χ0n) is 10.1. The third-order valence-electron chi connectivity index (χ3n) is 2.59. The van der Waals surface area contributed by atoms with E-state index in [0.717, 1.165) is 6.54 Å². The van der Waals surface area contributed by atoms with E-state index in [4.69, 9.17) is 0 Å². The van der Waals surface area contributed by atoms with Crippen molar-refractivity contribution in [1.82, 2.24) is 15.3 Å². The number of amides is 2. The smallest absolute Gasteiger partial charge is 0.249 e. The molecule has 1 atom stereocenters. The minimum absolute atomic E-state index is 0.228. The molecule has 7 nitrogen and oxygen atoms in total. The molecule has 0 aromatic carbocycles. The summed E-state index contributed by atoms with van der Waals surface area (Å²) in [5, 5.41) is 8.34. The first-order valence-corrected chi connectivity index (χ1v) is 5.85. The Hall–Kier alpha value is -2.18. The molecule has 0 radical (unpaired) electrons. The molecule has 0 aliphatic carbocycles. The lowest BCUT2D eigenvalue weighted by atomic mass is 10.1. The predicted molar refractivity (Wildman–Crippen MR) is 66.0 cm³/mol. The molecule has 18 heavy (non-hydrogen) atoms. The number of rotatable bonds is 4. The number of hydrogen-bond donors (Lipinski definition) is 3. The van der Waals surface area contributed by atoms with Crippen LogP contribution in [0.3, 0.4) is 0 Å². The van der Waals surface area contributed by atoms with Gasteiger partial charge in [0, 0.05) is 19.0 Å². The van der Waals surface area contributed by atoms with Crippen LogP contribution in [0, 0.1) is 0 Å². The molecular formula is C11H15N5O2. The van der Waals surface area contributed by atoms with Crippen molar-refractivity contribution in [3.05, 3.63) is 12.4 Å². The van der Waals surface area contributed by atoms with Crippen molar-refractivity contribution in [1.29, 1.82) is 0 Å². The van der Waals surface area contributed by atoms with Crippen LogP contribution < -0.4 is 16.0 Å². The van der Waals surface area contributed by atoms with Crippen LogP contribution >= 0.6 is 0 Å². The van der Waals surface area contributed by atoms with Crippen molar-refractivity contribution < 1.29 is 9.59 Å². The Morgan fingerprint density at radius 1 is 1.39 bits per heavy atom. The van der Waals surface area contributed by atoms with E-state index in [1.54, 1.807) is 6.07 Å². The number of carbonyl (C=O) groups is 2. The second-order valence-corrected chi connectivity index (χ2v) is 3.97. The largest absolute Gasteiger partial charge is 0.370 e. The maximum atomic E-state index is 11.6. The third-order valence-corrected chi connectivity index (χ3v) is 2.59. The molecule has 0 bridgehead atoms. The molecule has 1 aliphatic rings. The van der Waals surface area contributed by atoms with E-state index in [1.807, 2.05) is 6.92 Å². The van der Waals surface area contributed by atoms with Crippen LogP contribution in [0.15, 0.2) is 12.4 Å². The van der Waals surface area contributed by atoms with Gasteiger partial charge in [-0.05, 0) is 13.3 Å². The summed E-state index contributed by atoms with van der Waals surface area (Å²) in [6, 6.07) is 1.31. The fourth-order valence-corrected chi connectivity index (χ4v) is 1.72. The van der Waals surface area contributed by atoms with E-state index in [-0.39, 0.29) is 11.8 Å². The van der Waals surface area contributed by atoms with Gasteiger partial charge in [-0.25, -0.2) is 9.97 Å². The van der Waals surface area contributed by atoms with Gasteiger partial charge in [-0.1, -0.05) is 0 Å². The molecule has 0 spiro atoms. The molecule has 2 heterocycles. The van der Waals surface area contributed by atoms with Crippen LogP contribution in [0.4, 0.5) is 11.6 Å². The number of hydrogen-bond acceptors (Lipinski definition) is 6. The number of imide groups is 1. The first-order chi connectivity index (χ1) is 8.69. The lowest BCUT2D eigenvalue weighted by Crippen LogP contribution is -2.47. The average molecular weight is 249 g/mol. The van der Waals surface area contributed by atoms with E-state index in [2.05, 4.69) is 25.9 Å². The van der Waals surface area contributed by atoms with Gasteiger partial charge in [-0.15, -0.1) is 0 Å². The van der Waals surface area contributed by atoms with Crippen molar-refractivity contribution >= 4 is 23.5 Å². The summed E-state index contributed by atoms with van der Waals surface area (Å²) in [6.07, 6.45) is 2.24. The van der Waals surface area contributed by atoms with Crippen molar-refractivity contribution in [3.8, 4) is 0 Å². The number of anilines is 2. The van der Waals surface area contributed by atoms with Crippen LogP contribution in [0.25, 0.3) is 0 Å². The van der Waals surface area contributed by atoms with Gasteiger partial charge in [0.25, 0.3) is 0 Å². The Morgan fingerprint density at radius 2 is 2.17 bits per heavy atom. The van der Waals surface area contributed by atoms with Gasteiger partial charge in [0.1, 0.15) is 24.0 Å². The van der Waals surface area contributed by atoms with Crippen LogP contribution in [0.5, 0.6) is 0 Å². The van der Waals surface area contributed by atoms with Gasteiger partial charge in [0.2, 0.25) is 11.8 Å². The third kappa shape index (κ3) is 2.93. The molecule has 1 aromatic heterocycles. The number of nitrogens with one attached hydrogen (secondary N) is 3. The Bertz CT molecular complexity index is 463. The first-order valence-electron chi connectivity index (χ1n) is 5.85. The Labute approximate surface area is 104 Å². The summed E-state index contributed by atoms with van der Waals surface area (Å²) in [5.74, 6) is 0.724. The highest BCUT2D eigenvalue weighted by Gasteiger charge is 2.26. The Morgan fingerprint density at radius 3 is 2.89 bits per heavy atom. The number of aromatic nitrogens is 2. The molecule has 1 unspecified atom stereocenters. The van der Waals surface area contributed by atoms with Gasteiger partial charge in [-0.3, -0.25) is 14.9 Å². The highest BCUT2D eigenvalue weighted by Crippen LogP contribution is 2.13. The second-order valence-electron chi connectivity index (χ2n) is 3.97. The predicted octanol–water partition coefficient (Wildman–Crippen LogP) is 0.125. The summed E-state index contributed by atoms with van der Waals surface area (Å²) in [7, 11) is 0. The molecule has 3 N–H and O–H groups in total. The molecule has 0 saturated carbocycles. The highest BCUT2D eigenvalue weighted by molar-refractivity contribution is 6.01. The van der Waals surface area contributed by atoms with Crippen molar-refractivity contribution in [2.75, 3.05) is 17.2 Å². The zero-order chi connectivity index (χ0) is 13.0. The maximum absolute atomic E-state index is 11.6. The van der Waals surface area contributed by atoms with Crippen LogP contribution in [-0.2, 0) is 9.59 Å². The quantitative estimate of drug-likeness (QED) is 0.656. The van der Waals surface area contributed by atoms with Crippen LogP contribution in [-0.4, -0.2) is 34.4 Å². The minimum Gasteiger partial charge on any atom is -0.370 e. The summed E-state index contributed by atoms with van der Waals surface area (Å²) < 4.78 is 0. The highest BCUT2D eigenvalue weighted by atomic mass is 16.2. The number of piperidine rings is 1. The lowest BCUT2D eigenvalue weighted by molar-refractivity contribution is -0.133. The Kier molecular flexibility index (Phi) is 3.71. The van der Waals surface area contributed by atoms with E-state index in [9.17, 15) is 9.59 Å². The molecule has 1 aliphatic heterocycles. The van der Waals surface area contributed by atoms with Gasteiger partial charge in [-0.2, -0.15) is 0 Å². The summed E-state index contributed by atoms with van der Waals surface area (Å²) in [6.45, 7) is 2.73.